The summed E-state index contributed by atoms with van der Waals surface area (Å²) in [6.45, 7) is 15.4. The minimum absolute atomic E-state index is 0.0455. The first-order valence-corrected chi connectivity index (χ1v) is 15.1. The number of Topliss-reactive ketones (excluding diaryl/α,β-unsaturated/α-hetero) is 2. The number of allylic oxidation sites excluding steroid dienone is 2. The highest BCUT2D eigenvalue weighted by Gasteiger charge is 2.54. The maximum Gasteiger partial charge on any atom is 0.276 e. The summed E-state index contributed by atoms with van der Waals surface area (Å²) in [6, 6.07) is 15.3. The average molecular weight is 605 g/mol. The number of rotatable bonds is 0. The number of carbonyl (C=O) groups excluding carboxylic acids is 2. The SMILES string of the molecule is CC1(C)CC2=C(O)C(=O)C(O)(CC(C)(C)c3ccc(cc3)C(C)(C)CC3=C(O)C(=O)C(O)(CC(C)(C)c4ccc1cc4)O3)O2. The smallest absolute Gasteiger partial charge is 0.276 e. The summed E-state index contributed by atoms with van der Waals surface area (Å²) in [7, 11) is 0. The van der Waals surface area contributed by atoms with Crippen LogP contribution in [-0.4, -0.2) is 43.6 Å². The molecule has 8 bridgehead atoms. The molecule has 4 N–H and O–H groups in total. The fourth-order valence-electron chi connectivity index (χ4n) is 6.85. The molecule has 6 heterocycles. The van der Waals surface area contributed by atoms with Crippen molar-refractivity contribution in [1.29, 1.82) is 0 Å². The van der Waals surface area contributed by atoms with Crippen LogP contribution in [-0.2, 0) is 40.7 Å². The standard InChI is InChI=1S/C36H44O8/c1-31(2)17-25-27(37)29(39)35(41,43-25)19-34(7,8)24-15-11-22(12-16-24)32(3,4)18-26-28(38)30(40)36(42,44-26)20-33(5,6)23-13-9-21(31)10-14-23/h9-16,37-38,41-42H,17-20H2,1-8H3. The summed E-state index contributed by atoms with van der Waals surface area (Å²) in [5.41, 5.74) is 0.808. The van der Waals surface area contributed by atoms with Gasteiger partial charge in [0, 0.05) is 25.7 Å². The molecule has 44 heavy (non-hydrogen) atoms. The van der Waals surface area contributed by atoms with E-state index in [4.69, 9.17) is 9.47 Å². The molecule has 0 saturated heterocycles. The molecule has 8 heteroatoms. The van der Waals surface area contributed by atoms with E-state index in [-0.39, 0.29) is 37.2 Å². The van der Waals surface area contributed by atoms with E-state index in [1.165, 1.54) is 0 Å². The van der Waals surface area contributed by atoms with Crippen LogP contribution in [0.1, 0.15) is 103 Å². The molecule has 2 atom stereocenters. The lowest BCUT2D eigenvalue weighted by Gasteiger charge is -2.35. The van der Waals surface area contributed by atoms with E-state index in [2.05, 4.69) is 0 Å². The van der Waals surface area contributed by atoms with Gasteiger partial charge in [-0.05, 0) is 43.9 Å². The van der Waals surface area contributed by atoms with Crippen LogP contribution in [0.15, 0.2) is 71.6 Å². The van der Waals surface area contributed by atoms with Gasteiger partial charge in [-0.2, -0.15) is 0 Å². The van der Waals surface area contributed by atoms with Crippen LogP contribution in [0.3, 0.4) is 0 Å². The van der Waals surface area contributed by atoms with Gasteiger partial charge in [0.1, 0.15) is 11.5 Å². The molecule has 236 valence electrons. The molecule has 0 radical (unpaired) electrons. The summed E-state index contributed by atoms with van der Waals surface area (Å²) in [5, 5.41) is 44.5. The van der Waals surface area contributed by atoms with Crippen molar-refractivity contribution in [2.45, 2.75) is 114 Å². The summed E-state index contributed by atoms with van der Waals surface area (Å²) in [4.78, 5) is 26.4. The van der Waals surface area contributed by atoms with Gasteiger partial charge >= 0.3 is 0 Å². The second kappa shape index (κ2) is 9.94. The lowest BCUT2D eigenvalue weighted by atomic mass is 9.75. The molecule has 0 amide bonds. The van der Waals surface area contributed by atoms with Crippen molar-refractivity contribution < 1.29 is 39.5 Å². The highest BCUT2D eigenvalue weighted by atomic mass is 16.6. The maximum atomic E-state index is 13.2. The van der Waals surface area contributed by atoms with Gasteiger partial charge in [-0.1, -0.05) is 104 Å². The van der Waals surface area contributed by atoms with Crippen LogP contribution in [0.2, 0.25) is 0 Å². The summed E-state index contributed by atoms with van der Waals surface area (Å²) in [5.74, 6) is -7.15. The second-order valence-electron chi connectivity index (χ2n) is 15.4. The first kappa shape index (κ1) is 31.8. The van der Waals surface area contributed by atoms with Crippen molar-refractivity contribution in [3.05, 3.63) is 93.8 Å². The molecule has 8 nitrogen and oxygen atoms in total. The first-order chi connectivity index (χ1) is 20.1. The number of aliphatic hydroxyl groups excluding tert-OH is 2. The van der Waals surface area contributed by atoms with E-state index in [1.807, 2.05) is 104 Å². The molecule has 0 fully saturated rings. The van der Waals surface area contributed by atoms with Gasteiger partial charge < -0.3 is 29.9 Å². The number of aliphatic hydroxyl groups is 4. The molecule has 0 spiro atoms. The molecule has 2 aromatic rings. The van der Waals surface area contributed by atoms with Gasteiger partial charge in [-0.3, -0.25) is 9.59 Å². The molecular formula is C36H44O8. The van der Waals surface area contributed by atoms with Crippen molar-refractivity contribution >= 4 is 11.6 Å². The Hall–Kier alpha value is -3.62. The van der Waals surface area contributed by atoms with Crippen LogP contribution >= 0.6 is 0 Å². The van der Waals surface area contributed by atoms with E-state index in [9.17, 15) is 30.0 Å². The number of ketones is 2. The fourth-order valence-corrected chi connectivity index (χ4v) is 6.85. The molecule has 2 aromatic carbocycles. The van der Waals surface area contributed by atoms with Gasteiger partial charge in [-0.25, -0.2) is 0 Å². The first-order valence-electron chi connectivity index (χ1n) is 15.1. The normalized spacial score (nSPS) is 29.2. The van der Waals surface area contributed by atoms with Crippen LogP contribution < -0.4 is 0 Å². The fraction of sp³-hybridized carbons (Fsp3) is 0.500. The second-order valence-corrected chi connectivity index (χ2v) is 15.4. The number of carbonyl (C=O) groups is 2. The molecule has 0 saturated carbocycles. The lowest BCUT2D eigenvalue weighted by Crippen LogP contribution is -2.43. The van der Waals surface area contributed by atoms with E-state index < -0.39 is 56.3 Å². The summed E-state index contributed by atoms with van der Waals surface area (Å²) in [6.07, 6.45) is 0.147. The van der Waals surface area contributed by atoms with Gasteiger partial charge in [-0.15, -0.1) is 0 Å². The van der Waals surface area contributed by atoms with Gasteiger partial charge in [0.15, 0.2) is 0 Å². The minimum atomic E-state index is -2.21. The third kappa shape index (κ3) is 5.32. The number of hydrogen-bond acceptors (Lipinski definition) is 8. The summed E-state index contributed by atoms with van der Waals surface area (Å²) < 4.78 is 11.8. The van der Waals surface area contributed by atoms with Gasteiger partial charge in [0.05, 0.1) is 0 Å². The zero-order chi connectivity index (χ0) is 32.7. The quantitative estimate of drug-likeness (QED) is 0.280. The third-order valence-corrected chi connectivity index (χ3v) is 9.72. The largest absolute Gasteiger partial charge is 0.502 e. The Morgan fingerprint density at radius 2 is 0.750 bits per heavy atom. The Morgan fingerprint density at radius 3 is 1.02 bits per heavy atom. The molecular weight excluding hydrogens is 560 g/mol. The highest BCUT2D eigenvalue weighted by molar-refractivity contribution is 6.01. The van der Waals surface area contributed by atoms with Crippen LogP contribution in [0.5, 0.6) is 0 Å². The van der Waals surface area contributed by atoms with Gasteiger partial charge in [0.25, 0.3) is 23.1 Å². The number of hydrogen-bond donors (Lipinski definition) is 4. The minimum Gasteiger partial charge on any atom is -0.502 e. The van der Waals surface area contributed by atoms with Crippen molar-refractivity contribution in [2.75, 3.05) is 0 Å². The number of benzene rings is 2. The molecule has 8 rings (SSSR count). The Morgan fingerprint density at radius 1 is 0.500 bits per heavy atom. The van der Waals surface area contributed by atoms with Crippen LogP contribution in [0.4, 0.5) is 0 Å². The molecule has 0 aliphatic carbocycles. The zero-order valence-electron chi connectivity index (χ0n) is 26.9. The Kier molecular flexibility index (Phi) is 7.18. The maximum absolute atomic E-state index is 13.2. The van der Waals surface area contributed by atoms with Crippen molar-refractivity contribution in [3.63, 3.8) is 0 Å². The average Bonchev–Trinajstić information content (AvgIpc) is 3.25. The zero-order valence-corrected chi connectivity index (χ0v) is 26.9. The summed E-state index contributed by atoms with van der Waals surface area (Å²) >= 11 is 0. The van der Waals surface area contributed by atoms with Crippen molar-refractivity contribution in [2.24, 2.45) is 0 Å². The van der Waals surface area contributed by atoms with Gasteiger partial charge in [0.2, 0.25) is 11.5 Å². The molecule has 6 aliphatic rings. The van der Waals surface area contributed by atoms with E-state index in [0.29, 0.717) is 0 Å². The Bertz CT molecular complexity index is 1450. The molecule has 6 aliphatic heterocycles. The van der Waals surface area contributed by atoms with E-state index in [1.54, 1.807) is 0 Å². The lowest BCUT2D eigenvalue weighted by molar-refractivity contribution is -0.186. The highest BCUT2D eigenvalue weighted by Crippen LogP contribution is 2.46. The molecule has 0 aromatic heterocycles. The van der Waals surface area contributed by atoms with Crippen LogP contribution in [0.25, 0.3) is 0 Å². The number of ether oxygens (including phenoxy) is 2. The van der Waals surface area contributed by atoms with E-state index in [0.717, 1.165) is 22.3 Å². The van der Waals surface area contributed by atoms with Crippen molar-refractivity contribution in [1.82, 2.24) is 0 Å². The molecule has 2 unspecified atom stereocenters. The predicted molar refractivity (Wildman–Crippen MR) is 165 cm³/mol. The van der Waals surface area contributed by atoms with Crippen LogP contribution in [0, 0.1) is 0 Å². The monoisotopic (exact) mass is 604 g/mol. The van der Waals surface area contributed by atoms with E-state index >= 15 is 0 Å². The van der Waals surface area contributed by atoms with Crippen molar-refractivity contribution in [3.8, 4) is 0 Å². The Balaban J connectivity index is 1.58. The Labute approximate surface area is 259 Å². The predicted octanol–water partition coefficient (Wildman–Crippen LogP) is 6.19. The third-order valence-electron chi connectivity index (χ3n) is 9.72. The topological polar surface area (TPSA) is 134 Å².